The second kappa shape index (κ2) is 8.76. The molecule has 1 fully saturated rings. The van der Waals surface area contributed by atoms with Crippen molar-refractivity contribution in [2.24, 2.45) is 5.92 Å². The summed E-state index contributed by atoms with van der Waals surface area (Å²) >= 11 is 0. The molecule has 1 aliphatic rings. The third-order valence-corrected chi connectivity index (χ3v) is 5.41. The molecule has 1 N–H and O–H groups in total. The fraction of sp³-hybridized carbons (Fsp3) is 0.571. The van der Waals surface area contributed by atoms with E-state index >= 15 is 0 Å². The topological polar surface area (TPSA) is 40.5 Å². The molecule has 0 radical (unpaired) electrons. The third kappa shape index (κ3) is 5.13. The molecule has 0 aromatic heterocycles. The molecule has 1 amide bonds. The maximum absolute atomic E-state index is 14.0. The zero-order chi connectivity index (χ0) is 19.3. The van der Waals surface area contributed by atoms with Crippen molar-refractivity contribution in [1.82, 2.24) is 4.90 Å². The summed E-state index contributed by atoms with van der Waals surface area (Å²) in [6, 6.07) is 4.29. The molecule has 144 valence electrons. The van der Waals surface area contributed by atoms with Crippen molar-refractivity contribution in [1.29, 1.82) is 0 Å². The highest BCUT2D eigenvalue weighted by molar-refractivity contribution is 5.78. The van der Waals surface area contributed by atoms with E-state index in [1.54, 1.807) is 13.0 Å². The molecule has 1 aromatic rings. The van der Waals surface area contributed by atoms with E-state index in [-0.39, 0.29) is 17.7 Å². The summed E-state index contributed by atoms with van der Waals surface area (Å²) in [5.74, 6) is -1.64. The number of benzene rings is 1. The van der Waals surface area contributed by atoms with Crippen molar-refractivity contribution >= 4 is 5.91 Å². The minimum Gasteiger partial charge on any atom is -0.386 e. The minimum atomic E-state index is -0.893. The zero-order valence-electron chi connectivity index (χ0n) is 15.7. The van der Waals surface area contributed by atoms with Gasteiger partial charge in [0.1, 0.15) is 0 Å². The molecule has 0 spiro atoms. The van der Waals surface area contributed by atoms with Crippen LogP contribution in [-0.2, 0) is 4.79 Å². The fourth-order valence-corrected chi connectivity index (χ4v) is 3.55. The summed E-state index contributed by atoms with van der Waals surface area (Å²) in [5, 5.41) is 9.93. The van der Waals surface area contributed by atoms with Crippen LogP contribution in [0, 0.1) is 17.6 Å². The summed E-state index contributed by atoms with van der Waals surface area (Å²) in [4.78, 5) is 14.4. The first-order chi connectivity index (χ1) is 12.2. The molecule has 1 saturated heterocycles. The fourth-order valence-electron chi connectivity index (χ4n) is 3.55. The largest absolute Gasteiger partial charge is 0.386 e. The molecule has 1 heterocycles. The molecule has 2 rings (SSSR count). The monoisotopic (exact) mass is 365 g/mol. The Labute approximate surface area is 154 Å². The third-order valence-electron chi connectivity index (χ3n) is 5.41. The van der Waals surface area contributed by atoms with E-state index in [1.165, 1.54) is 12.1 Å². The molecular weight excluding hydrogens is 336 g/mol. The lowest BCUT2D eigenvalue weighted by molar-refractivity contribution is -0.136. The molecule has 1 aliphatic heterocycles. The van der Waals surface area contributed by atoms with Crippen LogP contribution in [0.5, 0.6) is 0 Å². The Kier molecular flexibility index (Phi) is 6.93. The van der Waals surface area contributed by atoms with Gasteiger partial charge in [-0.25, -0.2) is 8.78 Å². The molecular formula is C21H29F2NO2. The van der Waals surface area contributed by atoms with Crippen LogP contribution in [0.15, 0.2) is 30.9 Å². The smallest absolute Gasteiger partial charge is 0.225 e. The lowest BCUT2D eigenvalue weighted by Crippen LogP contribution is -2.41. The van der Waals surface area contributed by atoms with Gasteiger partial charge in [0.2, 0.25) is 5.91 Å². The number of likely N-dealkylation sites (tertiary alicyclic amines) is 1. The summed E-state index contributed by atoms with van der Waals surface area (Å²) in [6.45, 7) is 8.35. The van der Waals surface area contributed by atoms with Crippen molar-refractivity contribution in [3.63, 3.8) is 0 Å². The summed E-state index contributed by atoms with van der Waals surface area (Å²) in [7, 11) is 0. The standard InChI is InChI=1S/C21H29F2NO2/c1-4-21(3,26)12-6-7-15(2)20(25)24-13-10-16(11-14-24)17-8-5-9-18(22)19(17)23/h4-5,8-9,15-16,26H,1,6-7,10-14H2,2-3H3. The quantitative estimate of drug-likeness (QED) is 0.727. The Bertz CT molecular complexity index is 637. The van der Waals surface area contributed by atoms with Crippen molar-refractivity contribution in [3.05, 3.63) is 48.1 Å². The number of hydrogen-bond acceptors (Lipinski definition) is 2. The average Bonchev–Trinajstić information content (AvgIpc) is 2.63. The van der Waals surface area contributed by atoms with Crippen LogP contribution in [0.1, 0.15) is 57.4 Å². The van der Waals surface area contributed by atoms with Gasteiger partial charge < -0.3 is 10.0 Å². The Morgan fingerprint density at radius 3 is 2.69 bits per heavy atom. The van der Waals surface area contributed by atoms with Crippen LogP contribution in [-0.4, -0.2) is 34.6 Å². The number of rotatable bonds is 7. The van der Waals surface area contributed by atoms with Gasteiger partial charge in [-0.3, -0.25) is 4.79 Å². The van der Waals surface area contributed by atoms with Crippen molar-refractivity contribution in [2.45, 2.75) is 57.5 Å². The number of hydrogen-bond donors (Lipinski definition) is 1. The van der Waals surface area contributed by atoms with Gasteiger partial charge in [-0.2, -0.15) is 0 Å². The summed E-state index contributed by atoms with van der Waals surface area (Å²) < 4.78 is 27.4. The Hall–Kier alpha value is -1.75. The molecule has 0 aliphatic carbocycles. The highest BCUT2D eigenvalue weighted by atomic mass is 19.2. The Morgan fingerprint density at radius 2 is 2.08 bits per heavy atom. The van der Waals surface area contributed by atoms with Gasteiger partial charge in [-0.15, -0.1) is 6.58 Å². The molecule has 1 aromatic carbocycles. The highest BCUT2D eigenvalue weighted by Gasteiger charge is 2.28. The van der Waals surface area contributed by atoms with Crippen LogP contribution in [0.4, 0.5) is 8.78 Å². The molecule has 5 heteroatoms. The number of amides is 1. The number of aliphatic hydroxyl groups is 1. The van der Waals surface area contributed by atoms with E-state index < -0.39 is 17.2 Å². The normalized spacial score (nSPS) is 19.0. The number of nitrogens with zero attached hydrogens (tertiary/aromatic N) is 1. The number of halogens is 2. The zero-order valence-corrected chi connectivity index (χ0v) is 15.7. The van der Waals surface area contributed by atoms with E-state index in [9.17, 15) is 18.7 Å². The van der Waals surface area contributed by atoms with Crippen LogP contribution >= 0.6 is 0 Å². The van der Waals surface area contributed by atoms with E-state index in [0.29, 0.717) is 44.3 Å². The van der Waals surface area contributed by atoms with Crippen LogP contribution < -0.4 is 0 Å². The van der Waals surface area contributed by atoms with Gasteiger partial charge in [0.05, 0.1) is 5.60 Å². The maximum atomic E-state index is 14.0. The second-order valence-electron chi connectivity index (χ2n) is 7.60. The average molecular weight is 365 g/mol. The molecule has 0 bridgehead atoms. The number of carbonyl (C=O) groups excluding carboxylic acids is 1. The summed E-state index contributed by atoms with van der Waals surface area (Å²) in [6.07, 6.45) is 4.84. The predicted molar refractivity (Wildman–Crippen MR) is 98.7 cm³/mol. The Balaban J connectivity index is 1.84. The summed E-state index contributed by atoms with van der Waals surface area (Å²) in [5.41, 5.74) is -0.479. The number of piperidine rings is 1. The lowest BCUT2D eigenvalue weighted by atomic mass is 9.88. The molecule has 26 heavy (non-hydrogen) atoms. The number of carbonyl (C=O) groups is 1. The first kappa shape index (κ1) is 20.6. The van der Waals surface area contributed by atoms with E-state index in [1.807, 2.05) is 11.8 Å². The Morgan fingerprint density at radius 1 is 1.42 bits per heavy atom. The van der Waals surface area contributed by atoms with Crippen LogP contribution in [0.2, 0.25) is 0 Å². The second-order valence-corrected chi connectivity index (χ2v) is 7.60. The molecule has 0 saturated carbocycles. The van der Waals surface area contributed by atoms with Crippen LogP contribution in [0.3, 0.4) is 0 Å². The van der Waals surface area contributed by atoms with Gasteiger partial charge in [-0.05, 0) is 56.6 Å². The van der Waals surface area contributed by atoms with Gasteiger partial charge in [0.15, 0.2) is 11.6 Å². The first-order valence-electron chi connectivity index (χ1n) is 9.34. The first-order valence-corrected chi connectivity index (χ1v) is 9.34. The SMILES string of the molecule is C=CC(C)(O)CCCC(C)C(=O)N1CCC(c2cccc(F)c2F)CC1. The van der Waals surface area contributed by atoms with E-state index in [4.69, 9.17) is 0 Å². The highest BCUT2D eigenvalue weighted by Crippen LogP contribution is 2.31. The van der Waals surface area contributed by atoms with Gasteiger partial charge >= 0.3 is 0 Å². The maximum Gasteiger partial charge on any atom is 0.225 e. The van der Waals surface area contributed by atoms with Gasteiger partial charge in [0, 0.05) is 19.0 Å². The molecule has 2 unspecified atom stereocenters. The molecule has 3 nitrogen and oxygen atoms in total. The van der Waals surface area contributed by atoms with Gasteiger partial charge in [-0.1, -0.05) is 25.1 Å². The van der Waals surface area contributed by atoms with Crippen LogP contribution in [0.25, 0.3) is 0 Å². The van der Waals surface area contributed by atoms with Crippen molar-refractivity contribution < 1.29 is 18.7 Å². The van der Waals surface area contributed by atoms with E-state index in [0.717, 1.165) is 12.5 Å². The molecule has 2 atom stereocenters. The van der Waals surface area contributed by atoms with Crippen molar-refractivity contribution in [3.8, 4) is 0 Å². The lowest BCUT2D eigenvalue weighted by Gasteiger charge is -2.34. The predicted octanol–water partition coefficient (Wildman–Crippen LogP) is 4.41. The van der Waals surface area contributed by atoms with E-state index in [2.05, 4.69) is 6.58 Å². The van der Waals surface area contributed by atoms with Gasteiger partial charge in [0.25, 0.3) is 0 Å². The van der Waals surface area contributed by atoms with Crippen molar-refractivity contribution in [2.75, 3.05) is 13.1 Å². The minimum absolute atomic E-state index is 0.0484.